The summed E-state index contributed by atoms with van der Waals surface area (Å²) in [6.45, 7) is 5.72. The highest BCUT2D eigenvalue weighted by Crippen LogP contribution is 2.33. The number of rotatable bonds is 2. The van der Waals surface area contributed by atoms with Gasteiger partial charge in [-0.15, -0.1) is 0 Å². The minimum absolute atomic E-state index is 0.0131. The maximum Gasteiger partial charge on any atom is 0.309 e. The van der Waals surface area contributed by atoms with E-state index < -0.39 is 0 Å². The minimum atomic E-state index is -0.305. The predicted molar refractivity (Wildman–Crippen MR) is 44.5 cm³/mol. The molecule has 0 bridgehead atoms. The number of esters is 1. The van der Waals surface area contributed by atoms with Gasteiger partial charge in [-0.25, -0.2) is 0 Å². The normalized spacial score (nSPS) is 30.5. The third-order valence-electron chi connectivity index (χ3n) is 2.51. The van der Waals surface area contributed by atoms with Crippen LogP contribution in [0.3, 0.4) is 0 Å². The SMILES string of the molecule is C[C@@H]1C[C@H](C(C)(C)CO)OC1=O. The largest absolute Gasteiger partial charge is 0.461 e. The number of aliphatic hydroxyl groups excluding tert-OH is 1. The first-order valence-corrected chi connectivity index (χ1v) is 4.28. The van der Waals surface area contributed by atoms with E-state index in [9.17, 15) is 4.79 Å². The lowest BCUT2D eigenvalue weighted by Crippen LogP contribution is -2.32. The molecule has 1 saturated heterocycles. The molecule has 12 heavy (non-hydrogen) atoms. The summed E-state index contributed by atoms with van der Waals surface area (Å²) in [5.41, 5.74) is -0.305. The lowest BCUT2D eigenvalue weighted by molar-refractivity contribution is -0.148. The van der Waals surface area contributed by atoms with Gasteiger partial charge in [-0.1, -0.05) is 20.8 Å². The van der Waals surface area contributed by atoms with Crippen LogP contribution in [0.2, 0.25) is 0 Å². The zero-order valence-corrected chi connectivity index (χ0v) is 7.83. The van der Waals surface area contributed by atoms with Crippen LogP contribution in [0.15, 0.2) is 0 Å². The molecule has 3 heteroatoms. The smallest absolute Gasteiger partial charge is 0.309 e. The molecule has 0 unspecified atom stereocenters. The quantitative estimate of drug-likeness (QED) is 0.631. The first-order valence-electron chi connectivity index (χ1n) is 4.28. The summed E-state index contributed by atoms with van der Waals surface area (Å²) in [7, 11) is 0. The van der Waals surface area contributed by atoms with Gasteiger partial charge in [0.15, 0.2) is 0 Å². The topological polar surface area (TPSA) is 46.5 Å². The third-order valence-corrected chi connectivity index (χ3v) is 2.51. The maximum atomic E-state index is 11.0. The van der Waals surface area contributed by atoms with E-state index in [1.54, 1.807) is 0 Å². The number of cyclic esters (lactones) is 1. The van der Waals surface area contributed by atoms with E-state index in [0.29, 0.717) is 0 Å². The van der Waals surface area contributed by atoms with Crippen LogP contribution in [0, 0.1) is 11.3 Å². The van der Waals surface area contributed by atoms with Gasteiger partial charge in [0.1, 0.15) is 6.10 Å². The highest BCUT2D eigenvalue weighted by atomic mass is 16.6. The molecule has 0 aromatic rings. The molecule has 0 spiro atoms. The molecule has 1 rings (SSSR count). The van der Waals surface area contributed by atoms with Gasteiger partial charge in [-0.05, 0) is 6.42 Å². The zero-order chi connectivity index (χ0) is 9.35. The summed E-state index contributed by atoms with van der Waals surface area (Å²) in [6, 6.07) is 0. The van der Waals surface area contributed by atoms with Gasteiger partial charge in [-0.2, -0.15) is 0 Å². The van der Waals surface area contributed by atoms with Crippen molar-refractivity contribution in [3.05, 3.63) is 0 Å². The highest BCUT2D eigenvalue weighted by molar-refractivity contribution is 5.74. The van der Waals surface area contributed by atoms with Gasteiger partial charge in [0.25, 0.3) is 0 Å². The van der Waals surface area contributed by atoms with E-state index in [1.165, 1.54) is 0 Å². The Bertz CT molecular complexity index is 186. The third kappa shape index (κ3) is 1.61. The second-order valence-electron chi connectivity index (χ2n) is 4.21. The molecule has 70 valence electrons. The Balaban J connectivity index is 2.62. The number of carbonyl (C=O) groups excluding carboxylic acids is 1. The number of hydrogen-bond acceptors (Lipinski definition) is 3. The molecule has 0 radical (unpaired) electrons. The standard InChI is InChI=1S/C9H16O3/c1-6-4-7(12-8(6)11)9(2,3)5-10/h6-7,10H,4-5H2,1-3H3/t6-,7-/m1/s1. The molecule has 3 nitrogen and oxygen atoms in total. The molecule has 0 amide bonds. The summed E-state index contributed by atoms with van der Waals surface area (Å²) >= 11 is 0. The van der Waals surface area contributed by atoms with E-state index in [2.05, 4.69) is 0 Å². The summed E-state index contributed by atoms with van der Waals surface area (Å²) in [6.07, 6.45) is 0.608. The van der Waals surface area contributed by atoms with Crippen molar-refractivity contribution in [3.8, 4) is 0 Å². The Morgan fingerprint density at radius 1 is 1.67 bits per heavy atom. The molecule has 0 aromatic heterocycles. The van der Waals surface area contributed by atoms with Crippen molar-refractivity contribution < 1.29 is 14.6 Å². The number of aliphatic hydroxyl groups is 1. The van der Waals surface area contributed by atoms with Crippen molar-refractivity contribution in [3.63, 3.8) is 0 Å². The van der Waals surface area contributed by atoms with Gasteiger partial charge in [-0.3, -0.25) is 4.79 Å². The molecule has 2 atom stereocenters. The molecule has 1 aliphatic rings. The first-order chi connectivity index (χ1) is 5.47. The van der Waals surface area contributed by atoms with Crippen molar-refractivity contribution in [1.82, 2.24) is 0 Å². The van der Waals surface area contributed by atoms with E-state index >= 15 is 0 Å². The lowest BCUT2D eigenvalue weighted by atomic mass is 9.84. The molecule has 1 fully saturated rings. The Hall–Kier alpha value is -0.570. The predicted octanol–water partition coefficient (Wildman–Crippen LogP) is 0.956. The highest BCUT2D eigenvalue weighted by Gasteiger charge is 2.40. The van der Waals surface area contributed by atoms with Crippen LogP contribution in [0.1, 0.15) is 27.2 Å². The van der Waals surface area contributed by atoms with Crippen LogP contribution >= 0.6 is 0 Å². The molecule has 0 aromatic carbocycles. The second kappa shape index (κ2) is 3.05. The van der Waals surface area contributed by atoms with Crippen LogP contribution in [-0.2, 0) is 9.53 Å². The van der Waals surface area contributed by atoms with Crippen molar-refractivity contribution >= 4 is 5.97 Å². The molecule has 1 aliphatic heterocycles. The van der Waals surface area contributed by atoms with E-state index in [1.807, 2.05) is 20.8 Å². The fraction of sp³-hybridized carbons (Fsp3) is 0.889. The Labute approximate surface area is 72.7 Å². The summed E-state index contributed by atoms with van der Waals surface area (Å²) in [5, 5.41) is 9.04. The molecular weight excluding hydrogens is 156 g/mol. The van der Waals surface area contributed by atoms with Crippen molar-refractivity contribution in [2.24, 2.45) is 11.3 Å². The molecule has 1 N–H and O–H groups in total. The molecule has 0 aliphatic carbocycles. The zero-order valence-electron chi connectivity index (χ0n) is 7.83. The molecule has 0 saturated carbocycles. The van der Waals surface area contributed by atoms with Gasteiger partial charge in [0.05, 0.1) is 12.5 Å². The van der Waals surface area contributed by atoms with Crippen LogP contribution in [0.4, 0.5) is 0 Å². The fourth-order valence-corrected chi connectivity index (χ4v) is 1.30. The average molecular weight is 172 g/mol. The summed E-state index contributed by atoms with van der Waals surface area (Å²) in [5.74, 6) is -0.151. The van der Waals surface area contributed by atoms with Crippen molar-refractivity contribution in [2.75, 3.05) is 6.61 Å². The lowest BCUT2D eigenvalue weighted by Gasteiger charge is -2.27. The van der Waals surface area contributed by atoms with Crippen LogP contribution in [-0.4, -0.2) is 23.8 Å². The Kier molecular flexibility index (Phi) is 2.42. The number of carbonyl (C=O) groups is 1. The first kappa shape index (κ1) is 9.52. The Morgan fingerprint density at radius 3 is 2.58 bits per heavy atom. The van der Waals surface area contributed by atoms with Gasteiger partial charge < -0.3 is 9.84 Å². The average Bonchev–Trinajstić information content (AvgIpc) is 2.33. The van der Waals surface area contributed by atoms with Crippen LogP contribution in [0.5, 0.6) is 0 Å². The summed E-state index contributed by atoms with van der Waals surface area (Å²) < 4.78 is 5.13. The van der Waals surface area contributed by atoms with E-state index in [4.69, 9.17) is 9.84 Å². The minimum Gasteiger partial charge on any atom is -0.461 e. The van der Waals surface area contributed by atoms with Gasteiger partial charge >= 0.3 is 5.97 Å². The fourth-order valence-electron chi connectivity index (χ4n) is 1.30. The molecule has 1 heterocycles. The van der Waals surface area contributed by atoms with Gasteiger partial charge in [0, 0.05) is 5.41 Å². The van der Waals surface area contributed by atoms with Crippen LogP contribution < -0.4 is 0 Å². The van der Waals surface area contributed by atoms with Crippen LogP contribution in [0.25, 0.3) is 0 Å². The molecular formula is C9H16O3. The second-order valence-corrected chi connectivity index (χ2v) is 4.21. The van der Waals surface area contributed by atoms with E-state index in [-0.39, 0.29) is 30.0 Å². The number of hydrogen-bond donors (Lipinski definition) is 1. The van der Waals surface area contributed by atoms with Crippen molar-refractivity contribution in [1.29, 1.82) is 0 Å². The Morgan fingerprint density at radius 2 is 2.25 bits per heavy atom. The summed E-state index contributed by atoms with van der Waals surface area (Å²) in [4.78, 5) is 11.0. The van der Waals surface area contributed by atoms with Crippen molar-refractivity contribution in [2.45, 2.75) is 33.3 Å². The number of ether oxygens (including phenoxy) is 1. The van der Waals surface area contributed by atoms with Gasteiger partial charge in [0.2, 0.25) is 0 Å². The maximum absolute atomic E-state index is 11.0. The monoisotopic (exact) mass is 172 g/mol. The van der Waals surface area contributed by atoms with E-state index in [0.717, 1.165) is 6.42 Å².